The molecule has 53 valence electrons. The monoisotopic (exact) mass is 146 g/mol. The number of hydrogen-bond donors (Lipinski definition) is 0. The molecule has 0 unspecified atom stereocenters. The minimum Gasteiger partial charge on any atom is -0.253 e. The first-order valence-corrected chi connectivity index (χ1v) is 3.28. The highest BCUT2D eigenvalue weighted by molar-refractivity contribution is 5.77. The average Bonchev–Trinajstić information content (AvgIpc) is 2.04. The summed E-state index contributed by atoms with van der Waals surface area (Å²) in [6, 6.07) is 9.72. The molecule has 1 radical (unpaired) electrons. The fourth-order valence-electron chi connectivity index (χ4n) is 0.981. The zero-order chi connectivity index (χ0) is 7.68. The summed E-state index contributed by atoms with van der Waals surface area (Å²) in [5.41, 5.74) is 0.703. The molecule has 1 aromatic heterocycles. The van der Waals surface area contributed by atoms with E-state index in [0.29, 0.717) is 5.52 Å². The van der Waals surface area contributed by atoms with Crippen LogP contribution in [0.5, 0.6) is 0 Å². The predicted octanol–water partition coefficient (Wildman–Crippen LogP) is 2.17. The van der Waals surface area contributed by atoms with Crippen molar-refractivity contribution in [2.75, 3.05) is 0 Å². The van der Waals surface area contributed by atoms with Gasteiger partial charge in [0.1, 0.15) is 5.82 Å². The van der Waals surface area contributed by atoms with Gasteiger partial charge in [-0.25, -0.2) is 4.39 Å². The second-order valence-corrected chi connectivity index (χ2v) is 2.26. The van der Waals surface area contributed by atoms with Crippen LogP contribution in [0.25, 0.3) is 10.9 Å². The van der Waals surface area contributed by atoms with Gasteiger partial charge >= 0.3 is 0 Å². The first kappa shape index (κ1) is 6.28. The number of aromatic nitrogens is 1. The van der Waals surface area contributed by atoms with Gasteiger partial charge in [-0.3, -0.25) is 4.98 Å². The fraction of sp³-hybridized carbons (Fsp3) is 0. The van der Waals surface area contributed by atoms with Gasteiger partial charge in [-0.2, -0.15) is 0 Å². The van der Waals surface area contributed by atoms with Crippen LogP contribution in [0.2, 0.25) is 0 Å². The summed E-state index contributed by atoms with van der Waals surface area (Å²) in [7, 11) is 0. The molecule has 0 fully saturated rings. The summed E-state index contributed by atoms with van der Waals surface area (Å²) in [5.74, 6) is -0.308. The molecule has 0 aliphatic carbocycles. The quantitative estimate of drug-likeness (QED) is 0.555. The van der Waals surface area contributed by atoms with Gasteiger partial charge in [0.2, 0.25) is 0 Å². The molecule has 1 heterocycles. The van der Waals surface area contributed by atoms with E-state index in [1.807, 2.05) is 12.1 Å². The van der Waals surface area contributed by atoms with Crippen molar-refractivity contribution in [2.45, 2.75) is 0 Å². The van der Waals surface area contributed by atoms with Crippen molar-refractivity contribution in [3.63, 3.8) is 0 Å². The summed E-state index contributed by atoms with van der Waals surface area (Å²) in [6.45, 7) is 0. The molecule has 0 saturated heterocycles. The van der Waals surface area contributed by atoms with Gasteiger partial charge in [-0.15, -0.1) is 0 Å². The van der Waals surface area contributed by atoms with Crippen LogP contribution in [0.3, 0.4) is 0 Å². The van der Waals surface area contributed by atoms with Crippen molar-refractivity contribution in [1.82, 2.24) is 4.98 Å². The van der Waals surface area contributed by atoms with Crippen LogP contribution in [0.4, 0.5) is 4.39 Å². The van der Waals surface area contributed by atoms with Crippen molar-refractivity contribution in [1.29, 1.82) is 0 Å². The smallest absolute Gasteiger partial charge is 0.142 e. The molecule has 1 aromatic carbocycles. The molecule has 0 aliphatic heterocycles. The molecule has 0 N–H and O–H groups in total. The van der Waals surface area contributed by atoms with E-state index in [1.54, 1.807) is 6.07 Å². The van der Waals surface area contributed by atoms with Gasteiger partial charge in [-0.05, 0) is 6.07 Å². The largest absolute Gasteiger partial charge is 0.253 e. The Labute approximate surface area is 63.5 Å². The lowest BCUT2D eigenvalue weighted by Crippen LogP contribution is -1.80. The topological polar surface area (TPSA) is 12.9 Å². The molecule has 0 saturated carbocycles. The minimum atomic E-state index is -0.308. The first-order chi connectivity index (χ1) is 5.36. The summed E-state index contributed by atoms with van der Waals surface area (Å²) in [4.78, 5) is 3.85. The number of rotatable bonds is 0. The zero-order valence-electron chi connectivity index (χ0n) is 5.71. The first-order valence-electron chi connectivity index (χ1n) is 3.28. The number of fused-ring (bicyclic) bond motifs is 1. The SMILES string of the molecule is Fc1cnc2[c]cccc2c1. The number of benzene rings is 1. The van der Waals surface area contributed by atoms with Crippen LogP contribution < -0.4 is 0 Å². The third-order valence-corrected chi connectivity index (χ3v) is 1.48. The third kappa shape index (κ3) is 1.07. The second kappa shape index (κ2) is 2.31. The number of hydrogen-bond acceptors (Lipinski definition) is 1. The van der Waals surface area contributed by atoms with Gasteiger partial charge in [0, 0.05) is 11.5 Å². The number of pyridine rings is 1. The van der Waals surface area contributed by atoms with Gasteiger partial charge in [0.05, 0.1) is 11.7 Å². The van der Waals surface area contributed by atoms with Gasteiger partial charge < -0.3 is 0 Å². The Bertz CT molecular complexity index is 384. The van der Waals surface area contributed by atoms with E-state index >= 15 is 0 Å². The van der Waals surface area contributed by atoms with Crippen LogP contribution >= 0.6 is 0 Å². The molecule has 0 aliphatic rings. The molecule has 0 atom stereocenters. The molecule has 11 heavy (non-hydrogen) atoms. The van der Waals surface area contributed by atoms with E-state index in [4.69, 9.17) is 0 Å². The molecule has 0 amide bonds. The Morgan fingerprint density at radius 2 is 2.36 bits per heavy atom. The van der Waals surface area contributed by atoms with Gasteiger partial charge in [0.25, 0.3) is 0 Å². The second-order valence-electron chi connectivity index (χ2n) is 2.26. The van der Waals surface area contributed by atoms with Crippen molar-refractivity contribution in [3.8, 4) is 0 Å². The Hall–Kier alpha value is -1.44. The van der Waals surface area contributed by atoms with Crippen molar-refractivity contribution >= 4 is 10.9 Å². The fourth-order valence-corrected chi connectivity index (χ4v) is 0.981. The maximum atomic E-state index is 12.6. The van der Waals surface area contributed by atoms with Crippen LogP contribution in [0.15, 0.2) is 30.5 Å². The summed E-state index contributed by atoms with van der Waals surface area (Å²) in [5, 5.41) is 0.785. The summed E-state index contributed by atoms with van der Waals surface area (Å²) < 4.78 is 12.6. The highest BCUT2D eigenvalue weighted by atomic mass is 19.1. The predicted molar refractivity (Wildman–Crippen MR) is 40.5 cm³/mol. The van der Waals surface area contributed by atoms with Crippen LogP contribution in [-0.2, 0) is 0 Å². The Kier molecular flexibility index (Phi) is 1.32. The molecule has 2 aromatic rings. The molecule has 1 nitrogen and oxygen atoms in total. The maximum Gasteiger partial charge on any atom is 0.142 e. The van der Waals surface area contributed by atoms with Gasteiger partial charge in [0.15, 0.2) is 0 Å². The minimum absolute atomic E-state index is 0.308. The van der Waals surface area contributed by atoms with Crippen molar-refractivity contribution < 1.29 is 4.39 Å². The van der Waals surface area contributed by atoms with Crippen LogP contribution in [0.1, 0.15) is 0 Å². The van der Waals surface area contributed by atoms with E-state index in [0.717, 1.165) is 5.39 Å². The standard InChI is InChI=1S/C9H5FN/c10-8-5-7-3-1-2-4-9(7)11-6-8/h1-3,5-6H. The molecular weight excluding hydrogens is 141 g/mol. The average molecular weight is 146 g/mol. The number of para-hydroxylation sites is 1. The van der Waals surface area contributed by atoms with Crippen molar-refractivity contribution in [3.05, 3.63) is 42.3 Å². The number of nitrogens with zero attached hydrogens (tertiary/aromatic N) is 1. The van der Waals surface area contributed by atoms with E-state index in [-0.39, 0.29) is 5.82 Å². The zero-order valence-corrected chi connectivity index (χ0v) is 5.71. The number of halogens is 1. The maximum absolute atomic E-state index is 12.6. The van der Waals surface area contributed by atoms with Gasteiger partial charge in [-0.1, -0.05) is 18.2 Å². The van der Waals surface area contributed by atoms with Crippen LogP contribution in [0, 0.1) is 11.9 Å². The Balaban J connectivity index is 2.83. The Morgan fingerprint density at radius 3 is 3.27 bits per heavy atom. The molecule has 0 spiro atoms. The lowest BCUT2D eigenvalue weighted by molar-refractivity contribution is 0.624. The summed E-state index contributed by atoms with van der Waals surface area (Å²) in [6.07, 6.45) is 1.19. The highest BCUT2D eigenvalue weighted by Crippen LogP contribution is 2.10. The molecule has 0 bridgehead atoms. The molecule has 2 rings (SSSR count). The van der Waals surface area contributed by atoms with Crippen molar-refractivity contribution in [2.24, 2.45) is 0 Å². The highest BCUT2D eigenvalue weighted by Gasteiger charge is 1.93. The van der Waals surface area contributed by atoms with E-state index in [9.17, 15) is 4.39 Å². The van der Waals surface area contributed by atoms with Crippen LogP contribution in [-0.4, -0.2) is 4.98 Å². The van der Waals surface area contributed by atoms with E-state index < -0.39 is 0 Å². The third-order valence-electron chi connectivity index (χ3n) is 1.48. The molecule has 2 heteroatoms. The lowest BCUT2D eigenvalue weighted by atomic mass is 10.2. The lowest BCUT2D eigenvalue weighted by Gasteiger charge is -1.93. The van der Waals surface area contributed by atoms with E-state index in [2.05, 4.69) is 11.1 Å². The summed E-state index contributed by atoms with van der Waals surface area (Å²) >= 11 is 0. The molecular formula is C9H5FN. The Morgan fingerprint density at radius 1 is 1.45 bits per heavy atom. The normalized spacial score (nSPS) is 10.3. The van der Waals surface area contributed by atoms with E-state index in [1.165, 1.54) is 12.3 Å².